The summed E-state index contributed by atoms with van der Waals surface area (Å²) in [7, 11) is 0. The molecule has 0 aliphatic rings. The topological polar surface area (TPSA) is 99.2 Å². The van der Waals surface area contributed by atoms with Crippen molar-refractivity contribution >= 4 is 23.0 Å². The largest absolute Gasteiger partial charge is 0.478 e. The Bertz CT molecular complexity index is 1680. The molecule has 1 N–H and O–H groups in total. The number of carboxylic acid groups (broad SMARTS) is 1. The first kappa shape index (κ1) is 26.9. The highest BCUT2D eigenvalue weighted by molar-refractivity contribution is 5.96. The van der Waals surface area contributed by atoms with Crippen molar-refractivity contribution in [1.29, 1.82) is 0 Å². The van der Waals surface area contributed by atoms with Crippen molar-refractivity contribution in [2.24, 2.45) is 0 Å². The summed E-state index contributed by atoms with van der Waals surface area (Å²) >= 11 is 0. The number of ether oxygens (including phenoxy) is 1. The Morgan fingerprint density at radius 3 is 2.52 bits per heavy atom. The summed E-state index contributed by atoms with van der Waals surface area (Å²) in [5.74, 6) is -0.310. The zero-order valence-corrected chi connectivity index (χ0v) is 22.9. The lowest BCUT2D eigenvalue weighted by Gasteiger charge is -2.13. The molecule has 0 saturated heterocycles. The summed E-state index contributed by atoms with van der Waals surface area (Å²) in [5, 5.41) is 10.0. The molecular formula is C32H32N4O4. The van der Waals surface area contributed by atoms with Crippen molar-refractivity contribution < 1.29 is 19.4 Å². The number of fused-ring (bicyclic) bond motifs is 1. The number of imidazole rings is 2. The van der Waals surface area contributed by atoms with Gasteiger partial charge in [0.25, 0.3) is 0 Å². The third kappa shape index (κ3) is 5.52. The zero-order valence-electron chi connectivity index (χ0n) is 22.9. The van der Waals surface area contributed by atoms with E-state index in [-0.39, 0.29) is 18.1 Å². The van der Waals surface area contributed by atoms with E-state index in [0.29, 0.717) is 18.7 Å². The van der Waals surface area contributed by atoms with Crippen LogP contribution in [0.4, 0.5) is 0 Å². The van der Waals surface area contributed by atoms with Crippen molar-refractivity contribution in [3.63, 3.8) is 0 Å². The number of hydrogen-bond donors (Lipinski definition) is 1. The second-order valence-corrected chi connectivity index (χ2v) is 9.81. The number of aryl methyl sites for hydroxylation is 2. The molecule has 0 aliphatic heterocycles. The SMILES string of the molecule is CCCc1nc2c(C)cc(-c3cn(CC(=O)OCC)cn3)cc2n1Cc1ccc(-c2ccccc2)c(C(=O)O)c1. The minimum absolute atomic E-state index is 0.103. The lowest BCUT2D eigenvalue weighted by Crippen LogP contribution is -2.11. The smallest absolute Gasteiger partial charge is 0.336 e. The highest BCUT2D eigenvalue weighted by atomic mass is 16.5. The van der Waals surface area contributed by atoms with Gasteiger partial charge in [0.15, 0.2) is 0 Å². The van der Waals surface area contributed by atoms with E-state index in [0.717, 1.165) is 57.6 Å². The molecule has 5 aromatic rings. The molecule has 204 valence electrons. The fourth-order valence-corrected chi connectivity index (χ4v) is 5.05. The quantitative estimate of drug-likeness (QED) is 0.215. The van der Waals surface area contributed by atoms with Crippen molar-refractivity contribution in [3.8, 4) is 22.4 Å². The van der Waals surface area contributed by atoms with Crippen molar-refractivity contribution in [2.75, 3.05) is 6.61 Å². The molecular weight excluding hydrogens is 504 g/mol. The maximum Gasteiger partial charge on any atom is 0.336 e. The van der Waals surface area contributed by atoms with Gasteiger partial charge in [0.1, 0.15) is 12.4 Å². The monoisotopic (exact) mass is 536 g/mol. The third-order valence-electron chi connectivity index (χ3n) is 6.88. The molecule has 0 radical (unpaired) electrons. The van der Waals surface area contributed by atoms with E-state index in [9.17, 15) is 14.7 Å². The predicted octanol–water partition coefficient (Wildman–Crippen LogP) is 6.14. The first-order valence-corrected chi connectivity index (χ1v) is 13.5. The van der Waals surface area contributed by atoms with Gasteiger partial charge in [-0.1, -0.05) is 49.4 Å². The molecule has 40 heavy (non-hydrogen) atoms. The van der Waals surface area contributed by atoms with Crippen LogP contribution in [0.5, 0.6) is 0 Å². The van der Waals surface area contributed by atoms with Crippen LogP contribution >= 0.6 is 0 Å². The number of benzene rings is 3. The third-order valence-corrected chi connectivity index (χ3v) is 6.88. The standard InChI is InChI=1S/C32H32N4O4/c1-4-9-29-34-31-21(3)14-24(27-18-35(20-33-27)19-30(37)40-5-2)16-28(31)36(29)17-22-12-13-25(26(15-22)32(38)39)23-10-7-6-8-11-23/h6-8,10-16,18,20H,4-5,9,17,19H2,1-3H3,(H,38,39). The average Bonchev–Trinajstić information content (AvgIpc) is 3.54. The predicted molar refractivity (Wildman–Crippen MR) is 154 cm³/mol. The number of esters is 1. The first-order valence-electron chi connectivity index (χ1n) is 13.5. The zero-order chi connectivity index (χ0) is 28.2. The van der Waals surface area contributed by atoms with Crippen LogP contribution in [0.2, 0.25) is 0 Å². The summed E-state index contributed by atoms with van der Waals surface area (Å²) in [5.41, 5.74) is 7.28. The number of carbonyl (C=O) groups excluding carboxylic acids is 1. The van der Waals surface area contributed by atoms with Crippen LogP contribution in [0, 0.1) is 6.92 Å². The van der Waals surface area contributed by atoms with E-state index in [2.05, 4.69) is 28.6 Å². The van der Waals surface area contributed by atoms with Crippen LogP contribution in [-0.2, 0) is 29.0 Å². The number of hydrogen-bond acceptors (Lipinski definition) is 5. The van der Waals surface area contributed by atoms with E-state index in [1.165, 1.54) is 0 Å². The van der Waals surface area contributed by atoms with Crippen LogP contribution in [0.3, 0.4) is 0 Å². The Kier molecular flexibility index (Phi) is 7.77. The summed E-state index contributed by atoms with van der Waals surface area (Å²) in [6.45, 7) is 6.86. The summed E-state index contributed by atoms with van der Waals surface area (Å²) in [4.78, 5) is 33.7. The highest BCUT2D eigenvalue weighted by Gasteiger charge is 2.18. The maximum absolute atomic E-state index is 12.2. The molecule has 0 unspecified atom stereocenters. The Morgan fingerprint density at radius 1 is 1.00 bits per heavy atom. The molecule has 0 amide bonds. The van der Waals surface area contributed by atoms with Gasteiger partial charge in [-0.05, 0) is 60.7 Å². The van der Waals surface area contributed by atoms with Gasteiger partial charge in [0.2, 0.25) is 0 Å². The Hall–Kier alpha value is -4.72. The van der Waals surface area contributed by atoms with E-state index in [1.807, 2.05) is 55.6 Å². The number of aromatic carboxylic acids is 1. The lowest BCUT2D eigenvalue weighted by molar-refractivity contribution is -0.143. The van der Waals surface area contributed by atoms with E-state index >= 15 is 0 Å². The van der Waals surface area contributed by atoms with Crippen LogP contribution in [0.1, 0.15) is 47.6 Å². The van der Waals surface area contributed by atoms with Gasteiger partial charge in [0, 0.05) is 24.7 Å². The summed E-state index contributed by atoms with van der Waals surface area (Å²) in [6, 6.07) is 19.3. The minimum Gasteiger partial charge on any atom is -0.478 e. The molecule has 2 heterocycles. The molecule has 5 rings (SSSR count). The number of rotatable bonds is 10. The number of carbonyl (C=O) groups is 2. The Morgan fingerprint density at radius 2 is 1.80 bits per heavy atom. The molecule has 8 heteroatoms. The molecule has 0 spiro atoms. The molecule has 0 bridgehead atoms. The summed E-state index contributed by atoms with van der Waals surface area (Å²) in [6.07, 6.45) is 5.20. The van der Waals surface area contributed by atoms with Crippen LogP contribution in [-0.4, -0.2) is 42.8 Å². The first-order chi connectivity index (χ1) is 19.4. The van der Waals surface area contributed by atoms with E-state index in [1.54, 1.807) is 23.9 Å². The minimum atomic E-state index is -0.957. The average molecular weight is 537 g/mol. The van der Waals surface area contributed by atoms with Crippen LogP contribution in [0.15, 0.2) is 73.2 Å². The van der Waals surface area contributed by atoms with Crippen molar-refractivity contribution in [3.05, 3.63) is 95.7 Å². The van der Waals surface area contributed by atoms with Gasteiger partial charge in [-0.15, -0.1) is 0 Å². The van der Waals surface area contributed by atoms with Gasteiger partial charge in [-0.2, -0.15) is 0 Å². The molecule has 0 aliphatic carbocycles. The van der Waals surface area contributed by atoms with Crippen LogP contribution < -0.4 is 0 Å². The maximum atomic E-state index is 12.2. The molecule has 8 nitrogen and oxygen atoms in total. The lowest BCUT2D eigenvalue weighted by atomic mass is 9.97. The van der Waals surface area contributed by atoms with Gasteiger partial charge in [-0.25, -0.2) is 14.8 Å². The van der Waals surface area contributed by atoms with Crippen molar-refractivity contribution in [1.82, 2.24) is 19.1 Å². The van der Waals surface area contributed by atoms with E-state index in [4.69, 9.17) is 9.72 Å². The Balaban J connectivity index is 1.55. The van der Waals surface area contributed by atoms with Gasteiger partial charge >= 0.3 is 11.9 Å². The molecule has 0 atom stereocenters. The molecule has 0 fully saturated rings. The van der Waals surface area contributed by atoms with Gasteiger partial charge in [0.05, 0.1) is 35.2 Å². The van der Waals surface area contributed by atoms with Gasteiger partial charge < -0.3 is 19.0 Å². The normalized spacial score (nSPS) is 11.2. The van der Waals surface area contributed by atoms with E-state index < -0.39 is 5.97 Å². The Labute approximate surface area is 232 Å². The number of carboxylic acids is 1. The number of nitrogens with zero attached hydrogens (tertiary/aromatic N) is 4. The van der Waals surface area contributed by atoms with Crippen LogP contribution in [0.25, 0.3) is 33.4 Å². The second-order valence-electron chi connectivity index (χ2n) is 9.81. The number of aromatic nitrogens is 4. The fraction of sp³-hybridized carbons (Fsp3) is 0.250. The molecule has 0 saturated carbocycles. The van der Waals surface area contributed by atoms with Gasteiger partial charge in [-0.3, -0.25) is 4.79 Å². The second kappa shape index (κ2) is 11.6. The summed E-state index contributed by atoms with van der Waals surface area (Å²) < 4.78 is 8.95. The van der Waals surface area contributed by atoms with Crippen molar-refractivity contribution in [2.45, 2.75) is 46.7 Å². The fourth-order valence-electron chi connectivity index (χ4n) is 5.05. The molecule has 2 aromatic heterocycles. The highest BCUT2D eigenvalue weighted by Crippen LogP contribution is 2.30. The molecule has 3 aromatic carbocycles.